The zero-order valence-electron chi connectivity index (χ0n) is 15.6. The van der Waals surface area contributed by atoms with Crippen LogP contribution in [0, 0.1) is 0 Å². The number of nitrogens with two attached hydrogens (primary N) is 1. The van der Waals surface area contributed by atoms with Gasteiger partial charge in [0.05, 0.1) is 11.6 Å². The van der Waals surface area contributed by atoms with E-state index in [-0.39, 0.29) is 11.0 Å². The van der Waals surface area contributed by atoms with Crippen molar-refractivity contribution in [1.82, 2.24) is 0 Å². The summed E-state index contributed by atoms with van der Waals surface area (Å²) in [5, 5.41) is 2.50. The van der Waals surface area contributed by atoms with Gasteiger partial charge in [-0.1, -0.05) is 30.3 Å². The predicted molar refractivity (Wildman–Crippen MR) is 97.2 cm³/mol. The summed E-state index contributed by atoms with van der Waals surface area (Å²) in [5.41, 5.74) is 1.68. The van der Waals surface area contributed by atoms with Gasteiger partial charge in [-0.15, -0.1) is 0 Å². The third kappa shape index (κ3) is 4.38. The van der Waals surface area contributed by atoms with Crippen LogP contribution in [0.2, 0.25) is 0 Å². The molecule has 3 atom stereocenters. The number of quaternary nitrogens is 1. The number of hydrogen-bond donors (Lipinski definition) is 1. The molecular weight excluding hydrogens is 298 g/mol. The average Bonchev–Trinajstić information content (AvgIpc) is 3.06. The summed E-state index contributed by atoms with van der Waals surface area (Å²) in [7, 11) is 0. The van der Waals surface area contributed by atoms with Crippen molar-refractivity contribution in [3.8, 4) is 0 Å². The Labute approximate surface area is 147 Å². The van der Waals surface area contributed by atoms with E-state index in [1.54, 1.807) is 0 Å². The number of rotatable bonds is 6. The molecule has 2 N–H and O–H groups in total. The Bertz CT molecular complexity index is 510. The van der Waals surface area contributed by atoms with E-state index in [1.165, 1.54) is 24.8 Å². The standard InChI is InChI=1S/C21H33NO2/c1-17(22-15-19-10-7-12-23-19)14-21(18-8-5-4-6-9-18)11-13-24-20(2,3)16-21/h4-6,8-9,17,19,22H,7,10-16H2,1-3H3/p+1/t17-,19+,21-/m1/s1. The SMILES string of the molecule is C[C@H](C[C@]1(c2ccccc2)CCOC(C)(C)C1)[NH2+]C[C@@H]1CCCO1. The largest absolute Gasteiger partial charge is 0.376 e. The monoisotopic (exact) mass is 332 g/mol. The lowest BCUT2D eigenvalue weighted by Gasteiger charge is -2.46. The van der Waals surface area contributed by atoms with Crippen molar-refractivity contribution in [3.63, 3.8) is 0 Å². The van der Waals surface area contributed by atoms with Gasteiger partial charge in [0.1, 0.15) is 12.6 Å². The van der Waals surface area contributed by atoms with Crippen molar-refractivity contribution in [2.24, 2.45) is 0 Å². The highest BCUT2D eigenvalue weighted by Crippen LogP contribution is 2.44. The van der Waals surface area contributed by atoms with Crippen molar-refractivity contribution in [2.45, 2.75) is 76.0 Å². The minimum absolute atomic E-state index is 0.0393. The maximum absolute atomic E-state index is 6.03. The molecule has 0 bridgehead atoms. The van der Waals surface area contributed by atoms with Crippen molar-refractivity contribution < 1.29 is 14.8 Å². The van der Waals surface area contributed by atoms with Crippen LogP contribution in [-0.2, 0) is 14.9 Å². The fourth-order valence-corrected chi connectivity index (χ4v) is 4.72. The molecule has 2 fully saturated rings. The summed E-state index contributed by atoms with van der Waals surface area (Å²) >= 11 is 0. The Balaban J connectivity index is 1.70. The third-order valence-electron chi connectivity index (χ3n) is 5.76. The summed E-state index contributed by atoms with van der Waals surface area (Å²) in [5.74, 6) is 0. The molecule has 0 amide bonds. The predicted octanol–water partition coefficient (Wildman–Crippen LogP) is 3.03. The first kappa shape index (κ1) is 17.9. The smallest absolute Gasteiger partial charge is 0.106 e. The van der Waals surface area contributed by atoms with E-state index in [0.29, 0.717) is 12.1 Å². The van der Waals surface area contributed by atoms with Crippen LogP contribution in [0.3, 0.4) is 0 Å². The molecule has 0 aromatic heterocycles. The van der Waals surface area contributed by atoms with Gasteiger partial charge >= 0.3 is 0 Å². The van der Waals surface area contributed by atoms with E-state index < -0.39 is 0 Å². The van der Waals surface area contributed by atoms with Gasteiger partial charge in [-0.3, -0.25) is 0 Å². The van der Waals surface area contributed by atoms with Crippen molar-refractivity contribution in [3.05, 3.63) is 35.9 Å². The van der Waals surface area contributed by atoms with Crippen molar-refractivity contribution in [1.29, 1.82) is 0 Å². The highest BCUT2D eigenvalue weighted by molar-refractivity contribution is 5.27. The van der Waals surface area contributed by atoms with Crippen LogP contribution in [0.1, 0.15) is 58.4 Å². The van der Waals surface area contributed by atoms with E-state index in [4.69, 9.17) is 9.47 Å². The molecule has 2 saturated heterocycles. The van der Waals surface area contributed by atoms with Crippen molar-refractivity contribution >= 4 is 0 Å². The second-order valence-electron chi connectivity index (χ2n) is 8.47. The number of benzene rings is 1. The third-order valence-corrected chi connectivity index (χ3v) is 5.76. The molecule has 1 aromatic rings. The van der Waals surface area contributed by atoms with Crippen LogP contribution >= 0.6 is 0 Å². The van der Waals surface area contributed by atoms with Crippen LogP contribution in [0.15, 0.2) is 30.3 Å². The summed E-state index contributed by atoms with van der Waals surface area (Å²) in [4.78, 5) is 0. The lowest BCUT2D eigenvalue weighted by atomic mass is 9.66. The molecule has 24 heavy (non-hydrogen) atoms. The summed E-state index contributed by atoms with van der Waals surface area (Å²) < 4.78 is 11.8. The van der Waals surface area contributed by atoms with E-state index in [2.05, 4.69) is 56.4 Å². The van der Waals surface area contributed by atoms with Crippen molar-refractivity contribution in [2.75, 3.05) is 19.8 Å². The van der Waals surface area contributed by atoms with Gasteiger partial charge in [-0.25, -0.2) is 0 Å². The topological polar surface area (TPSA) is 35.1 Å². The Morgan fingerprint density at radius 2 is 2.00 bits per heavy atom. The number of hydrogen-bond acceptors (Lipinski definition) is 2. The fourth-order valence-electron chi connectivity index (χ4n) is 4.72. The Kier molecular flexibility index (Phi) is 5.63. The summed E-state index contributed by atoms with van der Waals surface area (Å²) in [6, 6.07) is 11.7. The highest BCUT2D eigenvalue weighted by Gasteiger charge is 2.43. The van der Waals surface area contributed by atoms with Gasteiger partial charge in [0, 0.05) is 25.0 Å². The van der Waals surface area contributed by atoms with Crippen LogP contribution < -0.4 is 5.32 Å². The molecule has 3 rings (SSSR count). The number of ether oxygens (including phenoxy) is 2. The summed E-state index contributed by atoms with van der Waals surface area (Å²) in [6.07, 6.45) is 6.35. The average molecular weight is 333 g/mol. The van der Waals surface area contributed by atoms with Gasteiger partial charge in [0.15, 0.2) is 0 Å². The molecule has 0 unspecified atom stereocenters. The molecule has 0 saturated carbocycles. The molecule has 1 aromatic carbocycles. The Hall–Kier alpha value is -0.900. The van der Waals surface area contributed by atoms with E-state index in [0.717, 1.165) is 32.6 Å². The normalized spacial score (nSPS) is 31.0. The van der Waals surface area contributed by atoms with E-state index >= 15 is 0 Å². The second kappa shape index (κ2) is 7.55. The van der Waals surface area contributed by atoms with Crippen LogP contribution in [0.25, 0.3) is 0 Å². The molecule has 2 heterocycles. The maximum Gasteiger partial charge on any atom is 0.106 e. The quantitative estimate of drug-likeness (QED) is 0.869. The van der Waals surface area contributed by atoms with Gasteiger partial charge < -0.3 is 14.8 Å². The molecule has 0 aliphatic carbocycles. The van der Waals surface area contributed by atoms with Crippen LogP contribution in [0.5, 0.6) is 0 Å². The van der Waals surface area contributed by atoms with Gasteiger partial charge in [0.25, 0.3) is 0 Å². The molecule has 0 radical (unpaired) electrons. The lowest BCUT2D eigenvalue weighted by molar-refractivity contribution is -0.693. The zero-order chi connectivity index (χ0) is 17.0. The zero-order valence-corrected chi connectivity index (χ0v) is 15.6. The first-order chi connectivity index (χ1) is 11.5. The Morgan fingerprint density at radius 3 is 2.67 bits per heavy atom. The molecule has 134 valence electrons. The van der Waals surface area contributed by atoms with Gasteiger partial charge in [-0.05, 0) is 52.0 Å². The highest BCUT2D eigenvalue weighted by atomic mass is 16.5. The van der Waals surface area contributed by atoms with Gasteiger partial charge in [-0.2, -0.15) is 0 Å². The van der Waals surface area contributed by atoms with E-state index in [1.807, 2.05) is 0 Å². The van der Waals surface area contributed by atoms with Gasteiger partial charge in [0.2, 0.25) is 0 Å². The minimum Gasteiger partial charge on any atom is -0.376 e. The molecule has 3 nitrogen and oxygen atoms in total. The molecule has 2 aliphatic heterocycles. The second-order valence-corrected chi connectivity index (χ2v) is 8.47. The molecule has 0 spiro atoms. The van der Waals surface area contributed by atoms with Crippen LogP contribution in [0.4, 0.5) is 0 Å². The fraction of sp³-hybridized carbons (Fsp3) is 0.714. The molecule has 2 aliphatic rings. The lowest BCUT2D eigenvalue weighted by Crippen LogP contribution is -2.91. The van der Waals surface area contributed by atoms with E-state index in [9.17, 15) is 0 Å². The maximum atomic E-state index is 6.03. The first-order valence-electron chi connectivity index (χ1n) is 9.64. The first-order valence-corrected chi connectivity index (χ1v) is 9.64. The molecular formula is C21H34NO2+. The Morgan fingerprint density at radius 1 is 1.21 bits per heavy atom. The summed E-state index contributed by atoms with van der Waals surface area (Å²) in [6.45, 7) is 9.77. The minimum atomic E-state index is -0.0393. The molecule has 3 heteroatoms. The van der Waals surface area contributed by atoms with Crippen LogP contribution in [-0.4, -0.2) is 37.5 Å².